The zero-order valence-corrected chi connectivity index (χ0v) is 11.1. The highest BCUT2D eigenvalue weighted by Crippen LogP contribution is 2.19. The molecule has 0 bridgehead atoms. The van der Waals surface area contributed by atoms with Gasteiger partial charge in [0, 0.05) is 18.2 Å². The molecule has 0 amide bonds. The highest BCUT2D eigenvalue weighted by Gasteiger charge is 2.12. The number of fused-ring (bicyclic) bond motifs is 1. The second kappa shape index (κ2) is 4.90. The van der Waals surface area contributed by atoms with E-state index in [1.54, 1.807) is 24.3 Å². The van der Waals surface area contributed by atoms with E-state index in [9.17, 15) is 9.90 Å². The average molecular weight is 266 g/mol. The Labute approximate surface area is 116 Å². The zero-order valence-electron chi connectivity index (χ0n) is 11.1. The van der Waals surface area contributed by atoms with Gasteiger partial charge in [-0.2, -0.15) is 0 Å². The normalized spacial score (nSPS) is 10.9. The van der Waals surface area contributed by atoms with Crippen LogP contribution in [0.1, 0.15) is 21.7 Å². The molecular formula is C16H14N2O2. The van der Waals surface area contributed by atoms with Crippen LogP contribution in [0.5, 0.6) is 0 Å². The summed E-state index contributed by atoms with van der Waals surface area (Å²) in [5.41, 5.74) is 2.88. The maximum atomic E-state index is 12.4. The number of ketones is 1. The molecule has 0 spiro atoms. The Bertz CT molecular complexity index is 776. The second-order valence-electron chi connectivity index (χ2n) is 4.64. The Kier molecular flexibility index (Phi) is 3.08. The van der Waals surface area contributed by atoms with Crippen molar-refractivity contribution in [2.24, 2.45) is 7.05 Å². The van der Waals surface area contributed by atoms with Crippen molar-refractivity contribution in [2.75, 3.05) is 0 Å². The van der Waals surface area contributed by atoms with Gasteiger partial charge in [-0.25, -0.2) is 4.98 Å². The van der Waals surface area contributed by atoms with Crippen LogP contribution < -0.4 is 0 Å². The van der Waals surface area contributed by atoms with Crippen molar-refractivity contribution in [1.29, 1.82) is 0 Å². The maximum absolute atomic E-state index is 12.4. The standard InChI is InChI=1S/C16H14N2O2/c1-18-14-8-7-12(9-13(14)17-15(18)10-19)16(20)11-5-3-2-4-6-11/h2-9,19H,10H2,1H3. The summed E-state index contributed by atoms with van der Waals surface area (Å²) in [6.07, 6.45) is 0. The van der Waals surface area contributed by atoms with Crippen molar-refractivity contribution in [3.63, 3.8) is 0 Å². The predicted octanol–water partition coefficient (Wildman–Crippen LogP) is 2.30. The van der Waals surface area contributed by atoms with Gasteiger partial charge in [0.2, 0.25) is 0 Å². The summed E-state index contributed by atoms with van der Waals surface area (Å²) in [6.45, 7) is -0.118. The van der Waals surface area contributed by atoms with E-state index in [2.05, 4.69) is 4.98 Å². The van der Waals surface area contributed by atoms with Crippen LogP contribution in [0.4, 0.5) is 0 Å². The van der Waals surface area contributed by atoms with Gasteiger partial charge in [0.15, 0.2) is 5.78 Å². The number of hydrogen-bond donors (Lipinski definition) is 1. The third-order valence-corrected chi connectivity index (χ3v) is 3.41. The van der Waals surface area contributed by atoms with Crippen molar-refractivity contribution < 1.29 is 9.90 Å². The molecule has 100 valence electrons. The summed E-state index contributed by atoms with van der Waals surface area (Å²) in [5, 5.41) is 9.23. The number of aliphatic hydroxyl groups excluding tert-OH is 1. The summed E-state index contributed by atoms with van der Waals surface area (Å²) in [4.78, 5) is 16.7. The molecule has 1 aromatic heterocycles. The average Bonchev–Trinajstić information content (AvgIpc) is 2.83. The number of carbonyl (C=O) groups is 1. The molecule has 0 aliphatic rings. The summed E-state index contributed by atoms with van der Waals surface area (Å²) in [6, 6.07) is 14.6. The van der Waals surface area contributed by atoms with E-state index < -0.39 is 0 Å². The van der Waals surface area contributed by atoms with Gasteiger partial charge in [0.25, 0.3) is 0 Å². The van der Waals surface area contributed by atoms with E-state index in [0.29, 0.717) is 17.0 Å². The molecule has 0 radical (unpaired) electrons. The van der Waals surface area contributed by atoms with Crippen LogP contribution in [-0.2, 0) is 13.7 Å². The highest BCUT2D eigenvalue weighted by molar-refractivity contribution is 6.10. The van der Waals surface area contributed by atoms with Gasteiger partial charge in [0.05, 0.1) is 11.0 Å². The quantitative estimate of drug-likeness (QED) is 0.740. The van der Waals surface area contributed by atoms with E-state index in [1.807, 2.05) is 35.9 Å². The minimum Gasteiger partial charge on any atom is -0.388 e. The Balaban J connectivity index is 2.07. The lowest BCUT2D eigenvalue weighted by Crippen LogP contribution is -2.00. The number of aromatic nitrogens is 2. The first-order valence-corrected chi connectivity index (χ1v) is 6.36. The van der Waals surface area contributed by atoms with Gasteiger partial charge in [-0.15, -0.1) is 0 Å². The lowest BCUT2D eigenvalue weighted by atomic mass is 10.0. The molecule has 0 saturated heterocycles. The smallest absolute Gasteiger partial charge is 0.193 e. The zero-order chi connectivity index (χ0) is 14.1. The Morgan fingerprint density at radius 2 is 1.90 bits per heavy atom. The van der Waals surface area contributed by atoms with E-state index >= 15 is 0 Å². The van der Waals surface area contributed by atoms with Gasteiger partial charge >= 0.3 is 0 Å². The van der Waals surface area contributed by atoms with Crippen LogP contribution in [0.3, 0.4) is 0 Å². The van der Waals surface area contributed by atoms with Crippen molar-refractivity contribution in [1.82, 2.24) is 9.55 Å². The summed E-state index contributed by atoms with van der Waals surface area (Å²) >= 11 is 0. The molecular weight excluding hydrogens is 252 g/mol. The third kappa shape index (κ3) is 2.00. The molecule has 0 aliphatic heterocycles. The van der Waals surface area contributed by atoms with Crippen LogP contribution in [-0.4, -0.2) is 20.4 Å². The lowest BCUT2D eigenvalue weighted by molar-refractivity contribution is 0.103. The number of imidazole rings is 1. The minimum atomic E-state index is -0.118. The topological polar surface area (TPSA) is 55.1 Å². The van der Waals surface area contributed by atoms with Gasteiger partial charge < -0.3 is 9.67 Å². The summed E-state index contributed by atoms with van der Waals surface area (Å²) in [7, 11) is 1.85. The second-order valence-corrected chi connectivity index (χ2v) is 4.64. The fraction of sp³-hybridized carbons (Fsp3) is 0.125. The van der Waals surface area contributed by atoms with Crippen LogP contribution in [0.25, 0.3) is 11.0 Å². The molecule has 0 atom stereocenters. The highest BCUT2D eigenvalue weighted by atomic mass is 16.3. The molecule has 20 heavy (non-hydrogen) atoms. The van der Waals surface area contributed by atoms with E-state index in [1.165, 1.54) is 0 Å². The maximum Gasteiger partial charge on any atom is 0.193 e. The Hall–Kier alpha value is -2.46. The largest absolute Gasteiger partial charge is 0.388 e. The Morgan fingerprint density at radius 3 is 2.60 bits per heavy atom. The van der Waals surface area contributed by atoms with Crippen LogP contribution in [0.2, 0.25) is 0 Å². The van der Waals surface area contributed by atoms with Gasteiger partial charge in [-0.3, -0.25) is 4.79 Å². The van der Waals surface area contributed by atoms with Gasteiger partial charge in [-0.05, 0) is 18.2 Å². The number of rotatable bonds is 3. The van der Waals surface area contributed by atoms with Crippen molar-refractivity contribution >= 4 is 16.8 Å². The first kappa shape index (κ1) is 12.6. The van der Waals surface area contributed by atoms with E-state index in [0.717, 1.165) is 11.0 Å². The van der Waals surface area contributed by atoms with Gasteiger partial charge in [-0.1, -0.05) is 30.3 Å². The van der Waals surface area contributed by atoms with Crippen molar-refractivity contribution in [3.8, 4) is 0 Å². The predicted molar refractivity (Wildman–Crippen MR) is 76.5 cm³/mol. The van der Waals surface area contributed by atoms with Crippen molar-refractivity contribution in [2.45, 2.75) is 6.61 Å². The molecule has 4 nitrogen and oxygen atoms in total. The van der Waals surface area contributed by atoms with Crippen LogP contribution >= 0.6 is 0 Å². The molecule has 3 rings (SSSR count). The Morgan fingerprint density at radius 1 is 1.15 bits per heavy atom. The summed E-state index contributed by atoms with van der Waals surface area (Å²) < 4.78 is 1.83. The first-order valence-electron chi connectivity index (χ1n) is 6.36. The van der Waals surface area contributed by atoms with Crippen LogP contribution in [0.15, 0.2) is 48.5 Å². The molecule has 0 fully saturated rings. The molecule has 0 unspecified atom stereocenters. The number of nitrogens with zero attached hydrogens (tertiary/aromatic N) is 2. The monoisotopic (exact) mass is 266 g/mol. The summed E-state index contributed by atoms with van der Waals surface area (Å²) in [5.74, 6) is 0.563. The fourth-order valence-electron chi connectivity index (χ4n) is 2.29. The number of aliphatic hydroxyl groups is 1. The number of carbonyl (C=O) groups excluding carboxylic acids is 1. The molecule has 2 aromatic carbocycles. The number of aryl methyl sites for hydroxylation is 1. The minimum absolute atomic E-state index is 0.0244. The third-order valence-electron chi connectivity index (χ3n) is 3.41. The van der Waals surface area contributed by atoms with E-state index in [4.69, 9.17) is 0 Å². The number of hydrogen-bond acceptors (Lipinski definition) is 3. The SMILES string of the molecule is Cn1c(CO)nc2cc(C(=O)c3ccccc3)ccc21. The lowest BCUT2D eigenvalue weighted by Gasteiger charge is -2.02. The number of benzene rings is 2. The molecule has 1 N–H and O–H groups in total. The van der Waals surface area contributed by atoms with E-state index in [-0.39, 0.29) is 12.4 Å². The van der Waals surface area contributed by atoms with Crippen LogP contribution in [0, 0.1) is 0 Å². The van der Waals surface area contributed by atoms with Crippen molar-refractivity contribution in [3.05, 3.63) is 65.5 Å². The van der Waals surface area contributed by atoms with Gasteiger partial charge in [0.1, 0.15) is 12.4 Å². The molecule has 0 saturated carbocycles. The molecule has 3 aromatic rings. The first-order chi connectivity index (χ1) is 9.70. The molecule has 0 aliphatic carbocycles. The molecule has 1 heterocycles. The molecule has 4 heteroatoms. The fourth-order valence-corrected chi connectivity index (χ4v) is 2.29.